The molecule has 1 atom stereocenters. The molecule has 1 aliphatic rings. The van der Waals surface area contributed by atoms with Crippen LogP contribution < -0.4 is 4.90 Å². The zero-order chi connectivity index (χ0) is 15.5. The molecule has 0 aromatic heterocycles. The summed E-state index contributed by atoms with van der Waals surface area (Å²) in [6, 6.07) is 7.65. The molecule has 0 bridgehead atoms. The third-order valence-corrected chi connectivity index (χ3v) is 3.69. The summed E-state index contributed by atoms with van der Waals surface area (Å²) < 4.78 is 12.1. The van der Waals surface area contributed by atoms with Crippen molar-refractivity contribution < 1.29 is 14.3 Å². The Hall–Kier alpha value is -1.07. The Labute approximate surface area is 134 Å². The van der Waals surface area contributed by atoms with E-state index in [1.807, 2.05) is 45.0 Å². The predicted molar refractivity (Wildman–Crippen MR) is 86.7 cm³/mol. The molecule has 1 saturated heterocycles. The molecule has 0 saturated carbocycles. The molecule has 2 rings (SSSR count). The van der Waals surface area contributed by atoms with Crippen LogP contribution in [-0.4, -0.2) is 30.9 Å². The smallest absolute Gasteiger partial charge is 0.414 e. The fraction of sp³-hybridized carbons (Fsp3) is 0.562. The molecular formula is C16H22BrNO3. The van der Waals surface area contributed by atoms with Crippen LogP contribution in [0.1, 0.15) is 33.6 Å². The van der Waals surface area contributed by atoms with E-state index >= 15 is 0 Å². The number of hydrogen-bond acceptors (Lipinski definition) is 3. The number of nitrogens with zero attached hydrogens (tertiary/aromatic N) is 1. The van der Waals surface area contributed by atoms with E-state index in [4.69, 9.17) is 9.47 Å². The van der Waals surface area contributed by atoms with Gasteiger partial charge in [0.25, 0.3) is 0 Å². The van der Waals surface area contributed by atoms with Gasteiger partial charge in [-0.1, -0.05) is 15.9 Å². The lowest BCUT2D eigenvalue weighted by Gasteiger charge is -2.29. The highest BCUT2D eigenvalue weighted by Crippen LogP contribution is 2.23. The van der Waals surface area contributed by atoms with Crippen LogP contribution in [-0.2, 0) is 9.47 Å². The summed E-state index contributed by atoms with van der Waals surface area (Å²) in [4.78, 5) is 14.1. The van der Waals surface area contributed by atoms with Crippen molar-refractivity contribution in [2.24, 2.45) is 0 Å². The Bertz CT molecular complexity index is 475. The molecule has 4 nitrogen and oxygen atoms in total. The molecule has 0 aliphatic carbocycles. The fourth-order valence-electron chi connectivity index (χ4n) is 2.22. The lowest BCUT2D eigenvalue weighted by Crippen LogP contribution is -2.41. The second-order valence-corrected chi connectivity index (χ2v) is 7.12. The van der Waals surface area contributed by atoms with E-state index in [9.17, 15) is 4.79 Å². The maximum absolute atomic E-state index is 12.5. The summed E-state index contributed by atoms with van der Waals surface area (Å²) >= 11 is 3.41. The van der Waals surface area contributed by atoms with Crippen LogP contribution in [0.4, 0.5) is 10.5 Å². The Kier molecular flexibility index (Phi) is 5.27. The van der Waals surface area contributed by atoms with Gasteiger partial charge in [0.1, 0.15) is 5.60 Å². The van der Waals surface area contributed by atoms with Crippen LogP contribution in [0.5, 0.6) is 0 Å². The third-order valence-electron chi connectivity index (χ3n) is 3.16. The van der Waals surface area contributed by atoms with Crippen molar-refractivity contribution in [3.05, 3.63) is 28.7 Å². The van der Waals surface area contributed by atoms with Crippen LogP contribution in [0.3, 0.4) is 0 Å². The van der Waals surface area contributed by atoms with Gasteiger partial charge in [0.05, 0.1) is 12.6 Å². The molecule has 116 valence electrons. The van der Waals surface area contributed by atoms with E-state index in [0.717, 1.165) is 29.6 Å². The summed E-state index contributed by atoms with van der Waals surface area (Å²) in [5.74, 6) is 0. The fourth-order valence-corrected chi connectivity index (χ4v) is 2.48. The van der Waals surface area contributed by atoms with Gasteiger partial charge in [-0.15, -0.1) is 0 Å². The molecule has 1 amide bonds. The Morgan fingerprint density at radius 3 is 2.57 bits per heavy atom. The highest BCUT2D eigenvalue weighted by Gasteiger charge is 2.27. The minimum atomic E-state index is -0.513. The van der Waals surface area contributed by atoms with Gasteiger partial charge in [0.15, 0.2) is 0 Å². The number of anilines is 1. The lowest BCUT2D eigenvalue weighted by atomic mass is 10.2. The third kappa shape index (κ3) is 5.00. The van der Waals surface area contributed by atoms with Gasteiger partial charge in [0, 0.05) is 16.8 Å². The van der Waals surface area contributed by atoms with Gasteiger partial charge in [-0.3, -0.25) is 4.90 Å². The molecule has 21 heavy (non-hydrogen) atoms. The molecule has 0 N–H and O–H groups in total. The minimum absolute atomic E-state index is 0.0844. The van der Waals surface area contributed by atoms with Crippen molar-refractivity contribution in [1.29, 1.82) is 0 Å². The molecular weight excluding hydrogens is 334 g/mol. The van der Waals surface area contributed by atoms with Gasteiger partial charge in [-0.05, 0) is 57.9 Å². The Morgan fingerprint density at radius 1 is 1.38 bits per heavy atom. The maximum atomic E-state index is 12.5. The number of benzene rings is 1. The highest BCUT2D eigenvalue weighted by molar-refractivity contribution is 9.10. The molecule has 0 spiro atoms. The second-order valence-electron chi connectivity index (χ2n) is 6.20. The standard InChI is InChI=1S/C16H22BrNO3/c1-16(2,3)21-15(19)18(11-14-5-4-10-20-14)13-8-6-12(17)7-9-13/h6-9,14H,4-5,10-11H2,1-3H3. The maximum Gasteiger partial charge on any atom is 0.414 e. The molecule has 1 unspecified atom stereocenters. The molecule has 1 heterocycles. The molecule has 0 radical (unpaired) electrons. The van der Waals surface area contributed by atoms with Crippen LogP contribution in [0.15, 0.2) is 28.7 Å². The molecule has 5 heteroatoms. The summed E-state index contributed by atoms with van der Waals surface area (Å²) in [5, 5.41) is 0. The molecule has 1 aliphatic heterocycles. The number of hydrogen-bond donors (Lipinski definition) is 0. The van der Waals surface area contributed by atoms with Crippen molar-refractivity contribution in [2.45, 2.75) is 45.3 Å². The summed E-state index contributed by atoms with van der Waals surface area (Å²) in [5.41, 5.74) is 0.310. The van der Waals surface area contributed by atoms with E-state index in [1.54, 1.807) is 4.90 Å². The van der Waals surface area contributed by atoms with E-state index in [0.29, 0.717) is 6.54 Å². The normalized spacial score (nSPS) is 18.6. The zero-order valence-corrected chi connectivity index (χ0v) is 14.4. The molecule has 1 aromatic carbocycles. The largest absolute Gasteiger partial charge is 0.443 e. The SMILES string of the molecule is CC(C)(C)OC(=O)N(CC1CCCO1)c1ccc(Br)cc1. The average molecular weight is 356 g/mol. The minimum Gasteiger partial charge on any atom is -0.443 e. The first-order valence-electron chi connectivity index (χ1n) is 7.23. The first-order valence-corrected chi connectivity index (χ1v) is 8.02. The first kappa shape index (κ1) is 16.3. The second kappa shape index (κ2) is 6.79. The van der Waals surface area contributed by atoms with Crippen molar-refractivity contribution in [3.8, 4) is 0 Å². The van der Waals surface area contributed by atoms with Gasteiger partial charge in [0.2, 0.25) is 0 Å². The Morgan fingerprint density at radius 2 is 2.05 bits per heavy atom. The van der Waals surface area contributed by atoms with Gasteiger partial charge < -0.3 is 9.47 Å². The van der Waals surface area contributed by atoms with Crippen LogP contribution in [0.25, 0.3) is 0 Å². The molecule has 1 fully saturated rings. The van der Waals surface area contributed by atoms with Crippen molar-refractivity contribution in [3.63, 3.8) is 0 Å². The van der Waals surface area contributed by atoms with E-state index < -0.39 is 5.60 Å². The quantitative estimate of drug-likeness (QED) is 0.807. The highest BCUT2D eigenvalue weighted by atomic mass is 79.9. The predicted octanol–water partition coefficient (Wildman–Crippen LogP) is 4.37. The first-order chi connectivity index (χ1) is 9.85. The number of carbonyl (C=O) groups is 1. The number of ether oxygens (including phenoxy) is 2. The van der Waals surface area contributed by atoms with E-state index in [-0.39, 0.29) is 12.2 Å². The monoisotopic (exact) mass is 355 g/mol. The van der Waals surface area contributed by atoms with Crippen LogP contribution in [0, 0.1) is 0 Å². The van der Waals surface area contributed by atoms with Crippen LogP contribution >= 0.6 is 15.9 Å². The van der Waals surface area contributed by atoms with Crippen LogP contribution in [0.2, 0.25) is 0 Å². The van der Waals surface area contributed by atoms with E-state index in [2.05, 4.69) is 15.9 Å². The summed E-state index contributed by atoms with van der Waals surface area (Å²) in [6.07, 6.45) is 1.78. The molecule has 1 aromatic rings. The van der Waals surface area contributed by atoms with Crippen molar-refractivity contribution in [2.75, 3.05) is 18.1 Å². The zero-order valence-electron chi connectivity index (χ0n) is 12.8. The number of amides is 1. The van der Waals surface area contributed by atoms with Crippen molar-refractivity contribution >= 4 is 27.7 Å². The van der Waals surface area contributed by atoms with Crippen molar-refractivity contribution in [1.82, 2.24) is 0 Å². The number of rotatable bonds is 3. The topological polar surface area (TPSA) is 38.8 Å². The van der Waals surface area contributed by atoms with Gasteiger partial charge in [-0.2, -0.15) is 0 Å². The summed E-state index contributed by atoms with van der Waals surface area (Å²) in [7, 11) is 0. The number of carbonyl (C=O) groups excluding carboxylic acids is 1. The number of halogens is 1. The Balaban J connectivity index is 2.16. The van der Waals surface area contributed by atoms with E-state index in [1.165, 1.54) is 0 Å². The summed E-state index contributed by atoms with van der Waals surface area (Å²) in [6.45, 7) is 6.91. The average Bonchev–Trinajstić information content (AvgIpc) is 2.88. The lowest BCUT2D eigenvalue weighted by molar-refractivity contribution is 0.0539. The van der Waals surface area contributed by atoms with Gasteiger partial charge in [-0.25, -0.2) is 4.79 Å². The van der Waals surface area contributed by atoms with Gasteiger partial charge >= 0.3 is 6.09 Å².